The van der Waals surface area contributed by atoms with Crippen molar-refractivity contribution >= 4 is 11.9 Å². The smallest absolute Gasteiger partial charge is 0.324 e. The van der Waals surface area contributed by atoms with Gasteiger partial charge in [0.25, 0.3) is 0 Å². The summed E-state index contributed by atoms with van der Waals surface area (Å²) < 4.78 is 5.31. The van der Waals surface area contributed by atoms with Crippen molar-refractivity contribution in [2.75, 3.05) is 45.9 Å². The van der Waals surface area contributed by atoms with Crippen molar-refractivity contribution in [3.8, 4) is 0 Å². The van der Waals surface area contributed by atoms with E-state index in [2.05, 4.69) is 10.2 Å². The lowest BCUT2D eigenvalue weighted by Crippen LogP contribution is -2.49. The molecule has 1 saturated heterocycles. The molecular formula is C15H29N3O3. The van der Waals surface area contributed by atoms with Crippen molar-refractivity contribution in [1.29, 1.82) is 0 Å². The molecule has 0 unspecified atom stereocenters. The van der Waals surface area contributed by atoms with Gasteiger partial charge >= 0.3 is 6.03 Å². The summed E-state index contributed by atoms with van der Waals surface area (Å²) in [5, 5.41) is 2.72. The average molecular weight is 299 g/mol. The molecule has 0 bridgehead atoms. The lowest BCUT2D eigenvalue weighted by atomic mass is 9.95. The quantitative estimate of drug-likeness (QED) is 0.831. The molecule has 21 heavy (non-hydrogen) atoms. The van der Waals surface area contributed by atoms with Crippen LogP contribution in [0.2, 0.25) is 0 Å². The van der Waals surface area contributed by atoms with Crippen LogP contribution in [0.15, 0.2) is 0 Å². The van der Waals surface area contributed by atoms with Crippen molar-refractivity contribution < 1.29 is 14.3 Å². The molecule has 1 aliphatic rings. The maximum absolute atomic E-state index is 12.4. The van der Waals surface area contributed by atoms with E-state index in [0.717, 1.165) is 39.3 Å². The number of carbonyl (C=O) groups excluding carboxylic acids is 2. The van der Waals surface area contributed by atoms with Gasteiger partial charge in [-0.15, -0.1) is 0 Å². The predicted molar refractivity (Wildman–Crippen MR) is 82.1 cm³/mol. The highest BCUT2D eigenvalue weighted by atomic mass is 16.5. The summed E-state index contributed by atoms with van der Waals surface area (Å²) in [6, 6.07) is -0.292. The Hall–Kier alpha value is -1.14. The van der Waals surface area contributed by atoms with Crippen LogP contribution in [0.3, 0.4) is 0 Å². The number of ether oxygens (including phenoxy) is 1. The van der Waals surface area contributed by atoms with Crippen molar-refractivity contribution in [1.82, 2.24) is 15.1 Å². The number of hydrogen-bond donors (Lipinski definition) is 1. The van der Waals surface area contributed by atoms with Crippen LogP contribution >= 0.6 is 0 Å². The number of urea groups is 1. The monoisotopic (exact) mass is 299 g/mol. The van der Waals surface area contributed by atoms with Gasteiger partial charge in [0.2, 0.25) is 5.91 Å². The first kappa shape index (κ1) is 17.9. The fourth-order valence-corrected chi connectivity index (χ4v) is 2.22. The summed E-state index contributed by atoms with van der Waals surface area (Å²) in [4.78, 5) is 28.1. The van der Waals surface area contributed by atoms with Gasteiger partial charge in [-0.2, -0.15) is 0 Å². The van der Waals surface area contributed by atoms with E-state index >= 15 is 0 Å². The first-order chi connectivity index (χ1) is 9.86. The molecule has 0 aliphatic carbocycles. The molecule has 0 aromatic heterocycles. The third-order valence-corrected chi connectivity index (χ3v) is 3.42. The molecule has 0 spiro atoms. The number of imide groups is 1. The minimum absolute atomic E-state index is 0.129. The number of rotatable bonds is 5. The van der Waals surface area contributed by atoms with Gasteiger partial charge in [-0.25, -0.2) is 4.79 Å². The van der Waals surface area contributed by atoms with Gasteiger partial charge in [-0.05, 0) is 13.3 Å². The van der Waals surface area contributed by atoms with E-state index < -0.39 is 5.41 Å². The van der Waals surface area contributed by atoms with Gasteiger partial charge in [-0.3, -0.25) is 14.6 Å². The summed E-state index contributed by atoms with van der Waals surface area (Å²) in [5.41, 5.74) is -0.552. The lowest BCUT2D eigenvalue weighted by Gasteiger charge is -2.30. The van der Waals surface area contributed by atoms with E-state index in [-0.39, 0.29) is 11.9 Å². The van der Waals surface area contributed by atoms with E-state index in [0.29, 0.717) is 13.1 Å². The molecule has 6 nitrogen and oxygen atoms in total. The number of hydrogen-bond acceptors (Lipinski definition) is 4. The molecule has 1 aliphatic heterocycles. The van der Waals surface area contributed by atoms with Crippen molar-refractivity contribution in [2.45, 2.75) is 34.1 Å². The topological polar surface area (TPSA) is 61.9 Å². The Morgan fingerprint density at radius 1 is 1.24 bits per heavy atom. The van der Waals surface area contributed by atoms with Gasteiger partial charge in [0, 0.05) is 38.1 Å². The number of nitrogens with zero attached hydrogens (tertiary/aromatic N) is 2. The fraction of sp³-hybridized carbons (Fsp3) is 0.867. The number of carbonyl (C=O) groups is 2. The molecule has 6 heteroatoms. The number of morpholine rings is 1. The Morgan fingerprint density at radius 3 is 2.38 bits per heavy atom. The zero-order valence-corrected chi connectivity index (χ0v) is 13.8. The molecule has 1 rings (SSSR count). The SMILES string of the molecule is CCNC(=O)N(CCCN1CCOCC1)C(=O)C(C)(C)C. The second-order valence-electron chi connectivity index (χ2n) is 6.35. The Kier molecular flexibility index (Phi) is 7.11. The standard InChI is InChI=1S/C15H29N3O3/c1-5-16-14(20)18(13(19)15(2,3)4)8-6-7-17-9-11-21-12-10-17/h5-12H2,1-4H3,(H,16,20). The number of amides is 3. The molecule has 1 fully saturated rings. The summed E-state index contributed by atoms with van der Waals surface area (Å²) in [6.07, 6.45) is 0.791. The van der Waals surface area contributed by atoms with Crippen LogP contribution in [0.25, 0.3) is 0 Å². The highest BCUT2D eigenvalue weighted by molar-refractivity contribution is 5.96. The van der Waals surface area contributed by atoms with Crippen molar-refractivity contribution in [3.05, 3.63) is 0 Å². The minimum atomic E-state index is -0.552. The summed E-state index contributed by atoms with van der Waals surface area (Å²) in [6.45, 7) is 12.6. The number of nitrogens with one attached hydrogen (secondary N) is 1. The summed E-state index contributed by atoms with van der Waals surface area (Å²) in [7, 11) is 0. The average Bonchev–Trinajstić information content (AvgIpc) is 2.43. The van der Waals surface area contributed by atoms with Crippen LogP contribution in [0.1, 0.15) is 34.1 Å². The maximum atomic E-state index is 12.4. The van der Waals surface area contributed by atoms with E-state index in [1.165, 1.54) is 4.90 Å². The Morgan fingerprint density at radius 2 is 1.86 bits per heavy atom. The highest BCUT2D eigenvalue weighted by Gasteiger charge is 2.30. The summed E-state index contributed by atoms with van der Waals surface area (Å²) in [5.74, 6) is -0.129. The van der Waals surface area contributed by atoms with E-state index in [1.807, 2.05) is 27.7 Å². The minimum Gasteiger partial charge on any atom is -0.379 e. The molecular weight excluding hydrogens is 270 g/mol. The molecule has 0 aromatic carbocycles. The fourth-order valence-electron chi connectivity index (χ4n) is 2.22. The van der Waals surface area contributed by atoms with E-state index in [4.69, 9.17) is 4.74 Å². The first-order valence-electron chi connectivity index (χ1n) is 7.76. The van der Waals surface area contributed by atoms with E-state index in [1.54, 1.807) is 0 Å². The Bertz CT molecular complexity index is 347. The first-order valence-corrected chi connectivity index (χ1v) is 7.76. The maximum Gasteiger partial charge on any atom is 0.324 e. The Balaban J connectivity index is 2.52. The third-order valence-electron chi connectivity index (χ3n) is 3.42. The van der Waals surface area contributed by atoms with Gasteiger partial charge in [-0.1, -0.05) is 20.8 Å². The zero-order chi connectivity index (χ0) is 15.9. The zero-order valence-electron chi connectivity index (χ0n) is 13.8. The van der Waals surface area contributed by atoms with Gasteiger partial charge < -0.3 is 10.1 Å². The molecule has 0 radical (unpaired) electrons. The molecule has 0 aromatic rings. The second kappa shape index (κ2) is 8.34. The van der Waals surface area contributed by atoms with Crippen LogP contribution in [0.4, 0.5) is 4.79 Å². The predicted octanol–water partition coefficient (Wildman–Crippen LogP) is 1.31. The van der Waals surface area contributed by atoms with Crippen molar-refractivity contribution in [2.24, 2.45) is 5.41 Å². The third kappa shape index (κ3) is 6.01. The molecule has 0 saturated carbocycles. The van der Waals surface area contributed by atoms with Crippen LogP contribution in [-0.2, 0) is 9.53 Å². The van der Waals surface area contributed by atoms with E-state index in [9.17, 15) is 9.59 Å². The molecule has 122 valence electrons. The van der Waals surface area contributed by atoms with Gasteiger partial charge in [0.05, 0.1) is 13.2 Å². The summed E-state index contributed by atoms with van der Waals surface area (Å²) >= 11 is 0. The largest absolute Gasteiger partial charge is 0.379 e. The Labute approximate surface area is 127 Å². The second-order valence-corrected chi connectivity index (χ2v) is 6.35. The highest BCUT2D eigenvalue weighted by Crippen LogP contribution is 2.18. The normalized spacial score (nSPS) is 16.6. The lowest BCUT2D eigenvalue weighted by molar-refractivity contribution is -0.136. The molecule has 1 N–H and O–H groups in total. The van der Waals surface area contributed by atoms with Crippen LogP contribution in [0.5, 0.6) is 0 Å². The molecule has 0 atom stereocenters. The van der Waals surface area contributed by atoms with Gasteiger partial charge in [0.15, 0.2) is 0 Å². The van der Waals surface area contributed by atoms with Crippen LogP contribution < -0.4 is 5.32 Å². The molecule has 1 heterocycles. The van der Waals surface area contributed by atoms with Crippen LogP contribution in [0, 0.1) is 5.41 Å². The van der Waals surface area contributed by atoms with Crippen LogP contribution in [-0.4, -0.2) is 67.7 Å². The molecule has 3 amide bonds. The van der Waals surface area contributed by atoms with Gasteiger partial charge in [0.1, 0.15) is 0 Å². The van der Waals surface area contributed by atoms with Crippen molar-refractivity contribution in [3.63, 3.8) is 0 Å².